The fourth-order valence-corrected chi connectivity index (χ4v) is 10.8. The standard InChI is InChI=1S/C57H50N2/c1-37-32-41(39-17-6-5-7-18-39)34-43(33-37)58(42-27-28-47-46-20-11-13-23-51(46)57(3,4)52(47)36-42)55-31-29-44(45-19-9-10-21-48(45)55)40-26-30-56-50(35-40)49-22-12-15-25-54(49)59(56)53-24-14-8-16-38(53)2/h5-15,17-26,28-31,33-38,42H,16,27,32H2,1-4H3. The summed E-state index contributed by atoms with van der Waals surface area (Å²) in [5, 5.41) is 5.15. The van der Waals surface area contributed by atoms with Gasteiger partial charge in [0.05, 0.1) is 17.1 Å². The predicted octanol–water partition coefficient (Wildman–Crippen LogP) is 14.9. The highest BCUT2D eigenvalue weighted by molar-refractivity contribution is 6.13. The Balaban J connectivity index is 1.08. The molecule has 4 aliphatic carbocycles. The Morgan fingerprint density at radius 3 is 2.24 bits per heavy atom. The lowest BCUT2D eigenvalue weighted by Crippen LogP contribution is -2.36. The van der Waals surface area contributed by atoms with Gasteiger partial charge in [-0.05, 0) is 112 Å². The average Bonchev–Trinajstić information content (AvgIpc) is 3.71. The van der Waals surface area contributed by atoms with Gasteiger partial charge in [0.25, 0.3) is 0 Å². The summed E-state index contributed by atoms with van der Waals surface area (Å²) in [6.45, 7) is 9.53. The summed E-state index contributed by atoms with van der Waals surface area (Å²) in [5.41, 5.74) is 17.3. The van der Waals surface area contributed by atoms with Crippen molar-refractivity contribution in [3.63, 3.8) is 0 Å². The molecule has 11 rings (SSSR count). The highest BCUT2D eigenvalue weighted by Gasteiger charge is 2.41. The van der Waals surface area contributed by atoms with E-state index in [4.69, 9.17) is 0 Å². The molecule has 288 valence electrons. The largest absolute Gasteiger partial charge is 0.334 e. The summed E-state index contributed by atoms with van der Waals surface area (Å²) < 4.78 is 2.50. The number of hydrogen-bond donors (Lipinski definition) is 0. The van der Waals surface area contributed by atoms with Crippen molar-refractivity contribution in [1.29, 1.82) is 0 Å². The van der Waals surface area contributed by atoms with Gasteiger partial charge >= 0.3 is 0 Å². The van der Waals surface area contributed by atoms with E-state index >= 15 is 0 Å². The molecule has 1 aromatic heterocycles. The number of para-hydroxylation sites is 1. The summed E-state index contributed by atoms with van der Waals surface area (Å²) in [7, 11) is 0. The monoisotopic (exact) mass is 762 g/mol. The summed E-state index contributed by atoms with van der Waals surface area (Å²) in [6, 6.07) is 50.1. The van der Waals surface area contributed by atoms with Crippen LogP contribution in [0.5, 0.6) is 0 Å². The Kier molecular flexibility index (Phi) is 8.41. The van der Waals surface area contributed by atoms with Crippen LogP contribution < -0.4 is 4.90 Å². The van der Waals surface area contributed by atoms with E-state index in [1.807, 2.05) is 0 Å². The second-order valence-corrected chi connectivity index (χ2v) is 17.8. The van der Waals surface area contributed by atoms with Gasteiger partial charge in [-0.1, -0.05) is 167 Å². The van der Waals surface area contributed by atoms with Crippen molar-refractivity contribution in [1.82, 2.24) is 4.57 Å². The van der Waals surface area contributed by atoms with E-state index in [2.05, 4.69) is 213 Å². The van der Waals surface area contributed by atoms with E-state index in [-0.39, 0.29) is 11.5 Å². The molecule has 0 N–H and O–H groups in total. The van der Waals surface area contributed by atoms with Crippen LogP contribution in [-0.4, -0.2) is 10.6 Å². The lowest BCUT2D eigenvalue weighted by Gasteiger charge is -2.38. The first-order valence-corrected chi connectivity index (χ1v) is 21.6. The van der Waals surface area contributed by atoms with Crippen LogP contribution in [0.15, 0.2) is 187 Å². The number of fused-ring (bicyclic) bond motifs is 7. The topological polar surface area (TPSA) is 8.17 Å². The molecule has 3 atom stereocenters. The van der Waals surface area contributed by atoms with Crippen molar-refractivity contribution in [2.75, 3.05) is 4.90 Å². The summed E-state index contributed by atoms with van der Waals surface area (Å²) >= 11 is 0. The summed E-state index contributed by atoms with van der Waals surface area (Å²) in [4.78, 5) is 2.67. The van der Waals surface area contributed by atoms with E-state index < -0.39 is 0 Å². The summed E-state index contributed by atoms with van der Waals surface area (Å²) in [6.07, 6.45) is 20.0. The first kappa shape index (κ1) is 35.8. The van der Waals surface area contributed by atoms with Crippen molar-refractivity contribution in [2.45, 2.75) is 58.4 Å². The average molecular weight is 763 g/mol. The minimum atomic E-state index is -0.0675. The molecule has 0 amide bonds. The quantitative estimate of drug-likeness (QED) is 0.164. The van der Waals surface area contributed by atoms with Gasteiger partial charge in [-0.3, -0.25) is 0 Å². The van der Waals surface area contributed by atoms with Crippen LogP contribution in [-0.2, 0) is 5.41 Å². The van der Waals surface area contributed by atoms with Crippen LogP contribution in [0.3, 0.4) is 0 Å². The molecule has 0 fully saturated rings. The number of nitrogens with zero attached hydrogens (tertiary/aromatic N) is 2. The Bertz CT molecular complexity index is 3030. The lowest BCUT2D eigenvalue weighted by molar-refractivity contribution is 0.640. The van der Waals surface area contributed by atoms with E-state index in [1.165, 1.54) is 94.2 Å². The van der Waals surface area contributed by atoms with Gasteiger partial charge in [-0.15, -0.1) is 0 Å². The summed E-state index contributed by atoms with van der Waals surface area (Å²) in [5.74, 6) is 0.862. The Labute approximate surface area is 348 Å². The van der Waals surface area contributed by atoms with Crippen molar-refractivity contribution >= 4 is 55.1 Å². The second-order valence-electron chi connectivity index (χ2n) is 17.8. The molecular formula is C57H50N2. The predicted molar refractivity (Wildman–Crippen MR) is 252 cm³/mol. The zero-order chi connectivity index (χ0) is 39.8. The molecule has 59 heavy (non-hydrogen) atoms. The zero-order valence-electron chi connectivity index (χ0n) is 34.5. The number of allylic oxidation sites excluding steroid dienone is 9. The molecule has 3 unspecified atom stereocenters. The van der Waals surface area contributed by atoms with Crippen LogP contribution in [0.25, 0.3) is 60.5 Å². The second kappa shape index (κ2) is 13.9. The van der Waals surface area contributed by atoms with Crippen LogP contribution >= 0.6 is 0 Å². The smallest absolute Gasteiger partial charge is 0.0563 e. The Morgan fingerprint density at radius 2 is 1.39 bits per heavy atom. The number of benzene rings is 6. The van der Waals surface area contributed by atoms with E-state index in [9.17, 15) is 0 Å². The van der Waals surface area contributed by atoms with Gasteiger partial charge in [0, 0.05) is 44.6 Å². The van der Waals surface area contributed by atoms with Gasteiger partial charge in [0.15, 0.2) is 0 Å². The molecule has 0 bridgehead atoms. The fraction of sp³-hybridized carbons (Fsp3) is 0.193. The van der Waals surface area contributed by atoms with Crippen LogP contribution in [0.4, 0.5) is 5.69 Å². The molecule has 2 nitrogen and oxygen atoms in total. The number of hydrogen-bond acceptors (Lipinski definition) is 1. The van der Waals surface area contributed by atoms with Gasteiger partial charge in [0.1, 0.15) is 0 Å². The number of anilines is 1. The van der Waals surface area contributed by atoms with E-state index in [0.717, 1.165) is 19.3 Å². The van der Waals surface area contributed by atoms with Gasteiger partial charge < -0.3 is 9.47 Å². The first-order valence-electron chi connectivity index (χ1n) is 21.6. The van der Waals surface area contributed by atoms with Crippen LogP contribution in [0, 0.1) is 11.8 Å². The maximum atomic E-state index is 2.67. The van der Waals surface area contributed by atoms with Crippen molar-refractivity contribution in [3.8, 4) is 11.1 Å². The maximum Gasteiger partial charge on any atom is 0.0563 e. The van der Waals surface area contributed by atoms with Crippen molar-refractivity contribution < 1.29 is 0 Å². The third-order valence-electron chi connectivity index (χ3n) is 13.7. The molecule has 4 aliphatic rings. The van der Waals surface area contributed by atoms with Gasteiger partial charge in [0.2, 0.25) is 0 Å². The molecule has 0 spiro atoms. The van der Waals surface area contributed by atoms with E-state index in [0.29, 0.717) is 11.8 Å². The maximum absolute atomic E-state index is 2.67. The molecule has 1 heterocycles. The van der Waals surface area contributed by atoms with Crippen LogP contribution in [0.1, 0.15) is 63.6 Å². The van der Waals surface area contributed by atoms with Crippen LogP contribution in [0.2, 0.25) is 0 Å². The molecule has 7 aromatic rings. The Morgan fingerprint density at radius 1 is 0.644 bits per heavy atom. The van der Waals surface area contributed by atoms with E-state index in [1.54, 1.807) is 0 Å². The molecule has 0 saturated carbocycles. The molecule has 0 aliphatic heterocycles. The van der Waals surface area contributed by atoms with Crippen molar-refractivity contribution in [3.05, 3.63) is 204 Å². The molecular weight excluding hydrogens is 713 g/mol. The third kappa shape index (κ3) is 5.75. The normalized spacial score (nSPS) is 20.7. The molecule has 2 heteroatoms. The fourth-order valence-electron chi connectivity index (χ4n) is 10.8. The van der Waals surface area contributed by atoms with Crippen molar-refractivity contribution in [2.24, 2.45) is 11.8 Å². The lowest BCUT2D eigenvalue weighted by atomic mass is 9.79. The van der Waals surface area contributed by atoms with Gasteiger partial charge in [-0.25, -0.2) is 0 Å². The number of aromatic nitrogens is 1. The third-order valence-corrected chi connectivity index (χ3v) is 13.7. The zero-order valence-corrected chi connectivity index (χ0v) is 34.5. The molecule has 0 saturated heterocycles. The van der Waals surface area contributed by atoms with Gasteiger partial charge in [-0.2, -0.15) is 0 Å². The minimum Gasteiger partial charge on any atom is -0.334 e. The minimum absolute atomic E-state index is 0.0675. The highest BCUT2D eigenvalue weighted by Crippen LogP contribution is 2.52. The number of rotatable bonds is 6. The Hall–Kier alpha value is -6.38. The molecule has 6 aromatic carbocycles. The first-order chi connectivity index (χ1) is 28.8. The molecule has 0 radical (unpaired) electrons. The SMILES string of the molecule is CC1C=C(N(c2ccc(-c3ccc4c(c3)c3ccccc3n4C3=CC=CCC3C)c3ccccc23)C2C=C3C(=CC2)c2ccccc2C3(C)C)C=C(c2ccccc2)C1. The highest BCUT2D eigenvalue weighted by atomic mass is 15.2.